The number of allylic oxidation sites excluding steroid dienone is 2. The van der Waals surface area contributed by atoms with Crippen molar-refractivity contribution in [1.29, 1.82) is 0 Å². The lowest BCUT2D eigenvalue weighted by Gasteiger charge is -2.16. The van der Waals surface area contributed by atoms with Crippen LogP contribution in [0.15, 0.2) is 43.5 Å². The van der Waals surface area contributed by atoms with Gasteiger partial charge in [-0.3, -0.25) is 19.6 Å². The maximum atomic E-state index is 12.4. The molecule has 0 aliphatic carbocycles. The van der Waals surface area contributed by atoms with Gasteiger partial charge in [0.1, 0.15) is 5.69 Å². The quantitative estimate of drug-likeness (QED) is 0.314. The van der Waals surface area contributed by atoms with Gasteiger partial charge in [0, 0.05) is 5.56 Å². The molecule has 0 aliphatic heterocycles. The number of esters is 1. The number of hydrogen-bond acceptors (Lipinski definition) is 6. The topological polar surface area (TPSA) is 116 Å². The Kier molecular flexibility index (Phi) is 6.66. The van der Waals surface area contributed by atoms with Crippen LogP contribution in [0.25, 0.3) is 0 Å². The predicted octanol–water partition coefficient (Wildman–Crippen LogP) is 2.18. The average molecular weight is 354 g/mol. The Labute approximate surface area is 140 Å². The molecule has 0 aliphatic rings. The highest BCUT2D eigenvalue weighted by Gasteiger charge is 2.34. The minimum absolute atomic E-state index is 0.192. The van der Waals surface area contributed by atoms with Crippen LogP contribution in [0.1, 0.15) is 12.0 Å². The number of carbonyl (C=O) groups excluding carboxylic acids is 1. The number of nitro benzene ring substituents is 1. The molecule has 1 aromatic rings. The number of para-hydroxylation sites is 1. The number of nitrogens with one attached hydrogen (secondary N) is 1. The van der Waals surface area contributed by atoms with Crippen LogP contribution in [-0.2, 0) is 26.0 Å². The van der Waals surface area contributed by atoms with E-state index < -0.39 is 26.2 Å². The van der Waals surface area contributed by atoms with Crippen molar-refractivity contribution in [1.82, 2.24) is 0 Å². The van der Waals surface area contributed by atoms with Crippen LogP contribution >= 0.6 is 0 Å². The van der Waals surface area contributed by atoms with Crippen LogP contribution in [0.3, 0.4) is 0 Å². The van der Waals surface area contributed by atoms with E-state index in [1.807, 2.05) is 0 Å². The van der Waals surface area contributed by atoms with Crippen molar-refractivity contribution in [2.75, 3.05) is 11.8 Å². The molecule has 0 saturated carbocycles. The van der Waals surface area contributed by atoms with Gasteiger partial charge in [-0.1, -0.05) is 24.3 Å². The molecule has 1 rings (SSSR count). The first kappa shape index (κ1) is 19.4. The van der Waals surface area contributed by atoms with E-state index >= 15 is 0 Å². The van der Waals surface area contributed by atoms with Crippen molar-refractivity contribution >= 4 is 27.4 Å². The van der Waals surface area contributed by atoms with Gasteiger partial charge in [0.2, 0.25) is 10.0 Å². The van der Waals surface area contributed by atoms with Crippen LogP contribution in [0, 0.1) is 10.1 Å². The molecule has 8 nitrogen and oxygen atoms in total. The average Bonchev–Trinajstić information content (AvgIpc) is 2.51. The second-order valence-electron chi connectivity index (χ2n) is 4.75. The van der Waals surface area contributed by atoms with Crippen molar-refractivity contribution < 1.29 is 22.9 Å². The lowest BCUT2D eigenvalue weighted by Crippen LogP contribution is -2.35. The SMILES string of the molecule is C=CCc1cccc(NS(=O)(=O)[C@@H](CC=C)C(=O)OC)c1[N+](=O)[O-]. The number of hydrogen-bond donors (Lipinski definition) is 1. The van der Waals surface area contributed by atoms with Crippen molar-refractivity contribution in [3.8, 4) is 0 Å². The maximum absolute atomic E-state index is 12.4. The smallest absolute Gasteiger partial charge is 0.326 e. The van der Waals surface area contributed by atoms with E-state index in [0.717, 1.165) is 7.11 Å². The zero-order valence-electron chi connectivity index (χ0n) is 13.1. The number of sulfonamides is 1. The number of nitrogens with zero attached hydrogens (tertiary/aromatic N) is 1. The number of nitro groups is 1. The van der Waals surface area contributed by atoms with Crippen LogP contribution in [0.4, 0.5) is 11.4 Å². The summed E-state index contributed by atoms with van der Waals surface area (Å²) in [7, 11) is -3.21. The molecular weight excluding hydrogens is 336 g/mol. The van der Waals surface area contributed by atoms with Gasteiger partial charge >= 0.3 is 5.97 Å². The van der Waals surface area contributed by atoms with E-state index in [0.29, 0.717) is 5.56 Å². The Bertz CT molecular complexity index is 757. The summed E-state index contributed by atoms with van der Waals surface area (Å²) in [5.41, 5.74) is -0.311. The molecule has 0 unspecified atom stereocenters. The maximum Gasteiger partial charge on any atom is 0.326 e. The third-order valence-corrected chi connectivity index (χ3v) is 4.78. The third kappa shape index (κ3) is 4.42. The van der Waals surface area contributed by atoms with E-state index in [4.69, 9.17) is 0 Å². The summed E-state index contributed by atoms with van der Waals surface area (Å²) in [5.74, 6) is -0.979. The van der Waals surface area contributed by atoms with Crippen LogP contribution < -0.4 is 4.72 Å². The fraction of sp³-hybridized carbons (Fsp3) is 0.267. The normalized spacial score (nSPS) is 12.0. The van der Waals surface area contributed by atoms with E-state index in [2.05, 4.69) is 22.6 Å². The molecule has 24 heavy (non-hydrogen) atoms. The van der Waals surface area contributed by atoms with Gasteiger partial charge in [-0.2, -0.15) is 0 Å². The molecule has 0 radical (unpaired) electrons. The molecule has 0 saturated heterocycles. The Balaban J connectivity index is 3.34. The largest absolute Gasteiger partial charge is 0.468 e. The number of rotatable bonds is 9. The zero-order chi connectivity index (χ0) is 18.3. The van der Waals surface area contributed by atoms with Crippen LogP contribution in [0.2, 0.25) is 0 Å². The number of anilines is 1. The molecule has 0 heterocycles. The highest BCUT2D eigenvalue weighted by Crippen LogP contribution is 2.30. The fourth-order valence-corrected chi connectivity index (χ4v) is 3.42. The van der Waals surface area contributed by atoms with Gasteiger partial charge in [-0.15, -0.1) is 13.2 Å². The summed E-state index contributed by atoms with van der Waals surface area (Å²) >= 11 is 0. The molecule has 1 aromatic carbocycles. The van der Waals surface area contributed by atoms with Crippen molar-refractivity contribution in [2.24, 2.45) is 0 Å². The Morgan fingerprint density at radius 2 is 2.08 bits per heavy atom. The van der Waals surface area contributed by atoms with E-state index in [1.54, 1.807) is 0 Å². The van der Waals surface area contributed by atoms with Gasteiger partial charge in [-0.25, -0.2) is 8.42 Å². The summed E-state index contributed by atoms with van der Waals surface area (Å²) in [4.78, 5) is 22.3. The summed E-state index contributed by atoms with van der Waals surface area (Å²) in [6.07, 6.45) is 2.72. The first-order valence-electron chi connectivity index (χ1n) is 6.86. The fourth-order valence-electron chi connectivity index (χ4n) is 2.07. The molecule has 0 bridgehead atoms. The monoisotopic (exact) mass is 354 g/mol. The van der Waals surface area contributed by atoms with Gasteiger partial charge < -0.3 is 4.74 Å². The van der Waals surface area contributed by atoms with Gasteiger partial charge in [-0.05, 0) is 18.9 Å². The molecular formula is C15H18N2O6S. The Hall–Kier alpha value is -2.68. The second kappa shape index (κ2) is 8.25. The summed E-state index contributed by atoms with van der Waals surface area (Å²) < 4.78 is 31.5. The number of methoxy groups -OCH3 is 1. The summed E-state index contributed by atoms with van der Waals surface area (Å²) in [6.45, 7) is 6.92. The van der Waals surface area contributed by atoms with Gasteiger partial charge in [0.25, 0.3) is 5.69 Å². The highest BCUT2D eigenvalue weighted by molar-refractivity contribution is 7.94. The number of carbonyl (C=O) groups is 1. The molecule has 9 heteroatoms. The standard InChI is InChI=1S/C15H18N2O6S/c1-4-7-11-9-6-10-12(14(11)17(19)20)16-24(21,22)13(8-5-2)15(18)23-3/h4-6,9-10,13,16H,1-2,7-8H2,3H3/t13-/m0/s1. The summed E-state index contributed by atoms with van der Waals surface area (Å²) in [6, 6.07) is 4.23. The van der Waals surface area contributed by atoms with Crippen LogP contribution in [0.5, 0.6) is 0 Å². The minimum atomic E-state index is -4.26. The van der Waals surface area contributed by atoms with Crippen molar-refractivity contribution in [3.05, 3.63) is 59.2 Å². The highest BCUT2D eigenvalue weighted by atomic mass is 32.2. The first-order valence-corrected chi connectivity index (χ1v) is 8.40. The first-order chi connectivity index (χ1) is 11.3. The van der Waals surface area contributed by atoms with E-state index in [9.17, 15) is 23.3 Å². The van der Waals surface area contributed by atoms with Crippen LogP contribution in [-0.4, -0.2) is 31.7 Å². The molecule has 130 valence electrons. The molecule has 1 N–H and O–H groups in total. The predicted molar refractivity (Wildman–Crippen MR) is 90.2 cm³/mol. The number of ether oxygens (including phenoxy) is 1. The van der Waals surface area contributed by atoms with Crippen molar-refractivity contribution in [3.63, 3.8) is 0 Å². The molecule has 0 spiro atoms. The second-order valence-corrected chi connectivity index (χ2v) is 6.61. The van der Waals surface area contributed by atoms with Gasteiger partial charge in [0.05, 0.1) is 12.0 Å². The minimum Gasteiger partial charge on any atom is -0.468 e. The van der Waals surface area contributed by atoms with E-state index in [1.165, 1.54) is 30.4 Å². The molecule has 1 atom stereocenters. The molecule has 0 aromatic heterocycles. The lowest BCUT2D eigenvalue weighted by atomic mass is 10.1. The zero-order valence-corrected chi connectivity index (χ0v) is 13.9. The number of benzene rings is 1. The summed E-state index contributed by atoms with van der Waals surface area (Å²) in [5, 5.41) is 9.76. The van der Waals surface area contributed by atoms with Gasteiger partial charge in [0.15, 0.2) is 5.25 Å². The Morgan fingerprint density at radius 1 is 1.42 bits per heavy atom. The third-order valence-electron chi connectivity index (χ3n) is 3.14. The molecule has 0 fully saturated rings. The molecule has 0 amide bonds. The van der Waals surface area contributed by atoms with Crippen molar-refractivity contribution in [2.45, 2.75) is 18.1 Å². The Morgan fingerprint density at radius 3 is 2.58 bits per heavy atom. The van der Waals surface area contributed by atoms with E-state index in [-0.39, 0.29) is 24.2 Å². The lowest BCUT2D eigenvalue weighted by molar-refractivity contribution is -0.384.